The third kappa shape index (κ3) is 7.03. The fourth-order valence-corrected chi connectivity index (χ4v) is 5.12. The second-order valence-corrected chi connectivity index (χ2v) is 10.4. The van der Waals surface area contributed by atoms with E-state index in [1.54, 1.807) is 48.4 Å². The Labute approximate surface area is 249 Å². The van der Waals surface area contributed by atoms with Gasteiger partial charge in [-0.25, -0.2) is 4.39 Å². The van der Waals surface area contributed by atoms with E-state index in [1.807, 2.05) is 36.4 Å². The molecule has 0 bridgehead atoms. The second kappa shape index (κ2) is 13.4. The van der Waals surface area contributed by atoms with Crippen LogP contribution in [-0.4, -0.2) is 71.6 Å². The molecule has 2 heterocycles. The van der Waals surface area contributed by atoms with Crippen molar-refractivity contribution in [2.45, 2.75) is 13.0 Å². The van der Waals surface area contributed by atoms with Gasteiger partial charge in [0, 0.05) is 38.3 Å². The summed E-state index contributed by atoms with van der Waals surface area (Å²) in [6.07, 6.45) is 0.738. The number of ether oxygens (including phenoxy) is 1. The van der Waals surface area contributed by atoms with Crippen LogP contribution in [0.25, 0.3) is 11.3 Å². The topological polar surface area (TPSA) is 78.9 Å². The smallest absolute Gasteiger partial charge is 0.256 e. The molecule has 0 N–H and O–H groups in total. The van der Waals surface area contributed by atoms with Crippen LogP contribution in [-0.2, 0) is 11.3 Å². The fourth-order valence-electron chi connectivity index (χ4n) is 4.90. The van der Waals surface area contributed by atoms with E-state index in [4.69, 9.17) is 16.3 Å². The van der Waals surface area contributed by atoms with Crippen molar-refractivity contribution in [1.29, 1.82) is 0 Å². The lowest BCUT2D eigenvalue weighted by atomic mass is 10.1. The third-order valence-electron chi connectivity index (χ3n) is 7.19. The molecule has 0 saturated carbocycles. The van der Waals surface area contributed by atoms with Crippen molar-refractivity contribution in [1.82, 2.24) is 20.0 Å². The molecule has 10 heteroatoms. The number of aromatic nitrogens is 2. The first-order valence-electron chi connectivity index (χ1n) is 13.7. The fraction of sp³-hybridized carbons (Fsp3) is 0.250. The Morgan fingerprint density at radius 1 is 0.929 bits per heavy atom. The van der Waals surface area contributed by atoms with Gasteiger partial charge in [-0.1, -0.05) is 48.0 Å². The minimum Gasteiger partial charge on any atom is -0.497 e. The molecule has 0 spiro atoms. The molecule has 0 radical (unpaired) electrons. The first-order valence-corrected chi connectivity index (χ1v) is 14.1. The minimum atomic E-state index is -0.368. The first-order chi connectivity index (χ1) is 20.4. The summed E-state index contributed by atoms with van der Waals surface area (Å²) in [4.78, 5) is 32.3. The van der Waals surface area contributed by atoms with Crippen LogP contribution < -0.4 is 9.64 Å². The Morgan fingerprint density at radius 2 is 1.74 bits per heavy atom. The summed E-state index contributed by atoms with van der Waals surface area (Å²) >= 11 is 6.31. The largest absolute Gasteiger partial charge is 0.497 e. The number of nitrogens with zero attached hydrogens (tertiary/aromatic N) is 5. The lowest BCUT2D eigenvalue weighted by Gasteiger charge is -2.27. The number of benzene rings is 3. The quantitative estimate of drug-likeness (QED) is 0.277. The highest BCUT2D eigenvalue weighted by atomic mass is 35.5. The van der Waals surface area contributed by atoms with Gasteiger partial charge >= 0.3 is 0 Å². The first kappa shape index (κ1) is 29.0. The Hall–Kier alpha value is -4.50. The molecule has 4 aromatic rings. The van der Waals surface area contributed by atoms with Crippen LogP contribution in [0.15, 0.2) is 84.9 Å². The Balaban J connectivity index is 1.26. The second-order valence-electron chi connectivity index (χ2n) is 10.00. The maximum Gasteiger partial charge on any atom is 0.256 e. The van der Waals surface area contributed by atoms with Crippen molar-refractivity contribution < 1.29 is 18.7 Å². The SMILES string of the molecule is COc1cccc(-c2ccc(N3CCCN(C(=O)CN(Cc4ccc(F)cc4)C(=O)c4ccccc4Cl)CC3)nn2)c1. The summed E-state index contributed by atoms with van der Waals surface area (Å²) in [5, 5.41) is 9.18. The van der Waals surface area contributed by atoms with E-state index < -0.39 is 0 Å². The molecular weight excluding hydrogens is 557 g/mol. The molecular formula is C32H31ClFN5O3. The number of anilines is 1. The highest BCUT2D eigenvalue weighted by Gasteiger charge is 2.26. The highest BCUT2D eigenvalue weighted by Crippen LogP contribution is 2.24. The Morgan fingerprint density at radius 3 is 2.48 bits per heavy atom. The summed E-state index contributed by atoms with van der Waals surface area (Å²) in [6.45, 7) is 2.34. The molecule has 216 valence electrons. The summed E-state index contributed by atoms with van der Waals surface area (Å²) in [5.74, 6) is 0.593. The van der Waals surface area contributed by atoms with E-state index in [1.165, 1.54) is 17.0 Å². The maximum absolute atomic E-state index is 13.5. The molecule has 3 aromatic carbocycles. The number of rotatable bonds is 8. The molecule has 0 aliphatic carbocycles. The average molecular weight is 588 g/mol. The molecule has 5 rings (SSSR count). The molecule has 1 aliphatic heterocycles. The number of hydrogen-bond acceptors (Lipinski definition) is 6. The number of carbonyl (C=O) groups excluding carboxylic acids is 2. The molecule has 0 unspecified atom stereocenters. The zero-order chi connectivity index (χ0) is 29.5. The molecule has 42 heavy (non-hydrogen) atoms. The molecule has 0 atom stereocenters. The van der Waals surface area contributed by atoms with Gasteiger partial charge in [-0.15, -0.1) is 10.2 Å². The zero-order valence-electron chi connectivity index (χ0n) is 23.2. The predicted molar refractivity (Wildman–Crippen MR) is 160 cm³/mol. The van der Waals surface area contributed by atoms with E-state index in [0.717, 1.165) is 35.8 Å². The summed E-state index contributed by atoms with van der Waals surface area (Å²) in [5.41, 5.74) is 2.68. The van der Waals surface area contributed by atoms with Crippen LogP contribution in [0.1, 0.15) is 22.3 Å². The average Bonchev–Trinajstić information content (AvgIpc) is 3.28. The third-order valence-corrected chi connectivity index (χ3v) is 7.52. The summed E-state index contributed by atoms with van der Waals surface area (Å²) < 4.78 is 18.8. The van der Waals surface area contributed by atoms with Gasteiger partial charge in [-0.05, 0) is 60.5 Å². The molecule has 1 fully saturated rings. The number of methoxy groups -OCH3 is 1. The van der Waals surface area contributed by atoms with Gasteiger partial charge in [0.05, 0.1) is 23.4 Å². The van der Waals surface area contributed by atoms with Gasteiger partial charge in [0.1, 0.15) is 18.1 Å². The van der Waals surface area contributed by atoms with Crippen LogP contribution in [0.2, 0.25) is 5.02 Å². The lowest BCUT2D eigenvalue weighted by Crippen LogP contribution is -2.44. The summed E-state index contributed by atoms with van der Waals surface area (Å²) in [6, 6.07) is 24.2. The van der Waals surface area contributed by atoms with E-state index in [9.17, 15) is 14.0 Å². The molecule has 1 aliphatic rings. The lowest BCUT2D eigenvalue weighted by molar-refractivity contribution is -0.131. The zero-order valence-corrected chi connectivity index (χ0v) is 24.0. The van der Waals surface area contributed by atoms with Crippen LogP contribution in [0.4, 0.5) is 10.2 Å². The van der Waals surface area contributed by atoms with Crippen LogP contribution in [0, 0.1) is 5.82 Å². The molecule has 2 amide bonds. The monoisotopic (exact) mass is 587 g/mol. The van der Waals surface area contributed by atoms with Crippen molar-refractivity contribution >= 4 is 29.2 Å². The molecule has 8 nitrogen and oxygen atoms in total. The van der Waals surface area contributed by atoms with Crippen molar-refractivity contribution in [3.63, 3.8) is 0 Å². The molecule has 1 aromatic heterocycles. The number of halogens is 2. The van der Waals surface area contributed by atoms with Gasteiger partial charge in [0.15, 0.2) is 5.82 Å². The normalized spacial score (nSPS) is 13.4. The van der Waals surface area contributed by atoms with Crippen LogP contribution >= 0.6 is 11.6 Å². The van der Waals surface area contributed by atoms with Crippen LogP contribution in [0.3, 0.4) is 0 Å². The number of hydrogen-bond donors (Lipinski definition) is 0. The minimum absolute atomic E-state index is 0.128. The number of amides is 2. The van der Waals surface area contributed by atoms with Gasteiger partial charge in [0.2, 0.25) is 5.91 Å². The van der Waals surface area contributed by atoms with Gasteiger partial charge in [0.25, 0.3) is 5.91 Å². The predicted octanol–water partition coefficient (Wildman–Crippen LogP) is 5.33. The van der Waals surface area contributed by atoms with E-state index in [2.05, 4.69) is 15.1 Å². The standard InChI is InChI=1S/C32H31ClFN5O3/c1-42-26-7-4-6-24(20-26)29-14-15-30(36-35-29)37-16-5-17-38(19-18-37)31(40)22-39(21-23-10-12-25(34)13-11-23)32(41)27-8-2-3-9-28(27)33/h2-4,6-15,20H,5,16-19,21-22H2,1H3. The van der Waals surface area contributed by atoms with Crippen molar-refractivity contribution in [2.24, 2.45) is 0 Å². The van der Waals surface area contributed by atoms with Crippen LogP contribution in [0.5, 0.6) is 5.75 Å². The maximum atomic E-state index is 13.5. The van der Waals surface area contributed by atoms with Crippen molar-refractivity contribution in [2.75, 3.05) is 44.7 Å². The highest BCUT2D eigenvalue weighted by molar-refractivity contribution is 6.33. The summed E-state index contributed by atoms with van der Waals surface area (Å²) in [7, 11) is 1.63. The van der Waals surface area contributed by atoms with E-state index in [0.29, 0.717) is 35.8 Å². The van der Waals surface area contributed by atoms with Gasteiger partial charge in [-0.3, -0.25) is 9.59 Å². The van der Waals surface area contributed by atoms with Gasteiger partial charge in [-0.2, -0.15) is 0 Å². The van der Waals surface area contributed by atoms with Gasteiger partial charge < -0.3 is 19.4 Å². The van der Waals surface area contributed by atoms with Crippen molar-refractivity contribution in [3.05, 3.63) is 107 Å². The van der Waals surface area contributed by atoms with E-state index >= 15 is 0 Å². The molecule has 1 saturated heterocycles. The van der Waals surface area contributed by atoms with E-state index in [-0.39, 0.29) is 30.7 Å². The Bertz CT molecular complexity index is 1530. The van der Waals surface area contributed by atoms with Crippen molar-refractivity contribution in [3.8, 4) is 17.0 Å². The number of carbonyl (C=O) groups is 2. The Kier molecular flexibility index (Phi) is 9.28.